The van der Waals surface area contributed by atoms with Crippen LogP contribution in [0.5, 0.6) is 0 Å². The molecule has 7 nitrogen and oxygen atoms in total. The normalized spacial score (nSPS) is 14.4. The van der Waals surface area contributed by atoms with Crippen molar-refractivity contribution in [2.24, 2.45) is 0 Å². The Labute approximate surface area is 203 Å². The maximum absolute atomic E-state index is 13.0. The van der Waals surface area contributed by atoms with Crippen LogP contribution in [0, 0.1) is 6.92 Å². The predicted molar refractivity (Wildman–Crippen MR) is 133 cm³/mol. The Bertz CT molecular complexity index is 1230. The highest BCUT2D eigenvalue weighted by atomic mass is 32.2. The Balaban J connectivity index is 1.24. The number of hydrogen-bond acceptors (Lipinski definition) is 6. The molecule has 1 saturated heterocycles. The highest BCUT2D eigenvalue weighted by molar-refractivity contribution is 7.99. The van der Waals surface area contributed by atoms with E-state index in [0.29, 0.717) is 16.7 Å². The van der Waals surface area contributed by atoms with Crippen LogP contribution < -0.4 is 0 Å². The third-order valence-corrected chi connectivity index (χ3v) is 6.96. The zero-order chi connectivity index (χ0) is 23.3. The molecule has 174 valence electrons. The Morgan fingerprint density at radius 1 is 0.941 bits per heavy atom. The molecule has 8 heteroatoms. The Morgan fingerprint density at radius 3 is 2.32 bits per heavy atom. The number of nitrogens with zero attached hydrogens (tertiary/aromatic N) is 5. The van der Waals surface area contributed by atoms with Gasteiger partial charge >= 0.3 is 0 Å². The molecule has 4 aromatic rings. The van der Waals surface area contributed by atoms with Crippen molar-refractivity contribution in [1.29, 1.82) is 0 Å². The summed E-state index contributed by atoms with van der Waals surface area (Å²) in [7, 11) is 0. The molecule has 2 aromatic carbocycles. The molecule has 0 bridgehead atoms. The van der Waals surface area contributed by atoms with Crippen molar-refractivity contribution in [2.75, 3.05) is 31.9 Å². The van der Waals surface area contributed by atoms with Crippen molar-refractivity contribution >= 4 is 17.7 Å². The van der Waals surface area contributed by atoms with Crippen LogP contribution in [0.15, 0.2) is 82.6 Å². The maximum Gasteiger partial charge on any atom is 0.233 e. The molecule has 0 radical (unpaired) electrons. The van der Waals surface area contributed by atoms with Crippen molar-refractivity contribution in [2.45, 2.75) is 18.6 Å². The number of amides is 1. The molecule has 0 saturated carbocycles. The van der Waals surface area contributed by atoms with Crippen molar-refractivity contribution in [3.8, 4) is 17.1 Å². The average molecular weight is 474 g/mol. The van der Waals surface area contributed by atoms with Crippen LogP contribution in [-0.4, -0.2) is 62.4 Å². The van der Waals surface area contributed by atoms with Crippen molar-refractivity contribution in [1.82, 2.24) is 24.6 Å². The highest BCUT2D eigenvalue weighted by Crippen LogP contribution is 2.30. The summed E-state index contributed by atoms with van der Waals surface area (Å²) in [6.45, 7) is 6.10. The molecule has 3 heterocycles. The highest BCUT2D eigenvalue weighted by Gasteiger charge is 2.23. The summed E-state index contributed by atoms with van der Waals surface area (Å²) in [5.41, 5.74) is 3.15. The van der Waals surface area contributed by atoms with Crippen LogP contribution in [0.4, 0.5) is 0 Å². The molecule has 2 aromatic heterocycles. The second-order valence-corrected chi connectivity index (χ2v) is 9.24. The van der Waals surface area contributed by atoms with Gasteiger partial charge in [0.2, 0.25) is 5.91 Å². The molecule has 0 spiro atoms. The van der Waals surface area contributed by atoms with Gasteiger partial charge in [-0.1, -0.05) is 60.3 Å². The molecule has 0 aliphatic carbocycles. The van der Waals surface area contributed by atoms with Gasteiger partial charge in [0, 0.05) is 38.4 Å². The van der Waals surface area contributed by atoms with Gasteiger partial charge in [0.1, 0.15) is 5.76 Å². The summed E-state index contributed by atoms with van der Waals surface area (Å²) in [5.74, 6) is 1.95. The topological polar surface area (TPSA) is 67.4 Å². The van der Waals surface area contributed by atoms with E-state index in [1.54, 1.807) is 6.26 Å². The first kappa shape index (κ1) is 22.4. The summed E-state index contributed by atoms with van der Waals surface area (Å²) in [4.78, 5) is 17.3. The summed E-state index contributed by atoms with van der Waals surface area (Å²) in [6.07, 6.45) is 1.66. The molecule has 0 N–H and O–H groups in total. The third kappa shape index (κ3) is 4.93. The van der Waals surface area contributed by atoms with E-state index in [1.807, 2.05) is 58.9 Å². The van der Waals surface area contributed by atoms with Gasteiger partial charge in [-0.2, -0.15) is 0 Å². The number of aryl methyl sites for hydroxylation is 1. The standard InChI is InChI=1S/C26H27N5O2S/c1-20-23(12-17-33-20)25-27-28-26(31(25)22-10-6-3-7-11-22)34-19-24(32)30-15-13-29(14-16-30)18-21-8-4-2-5-9-21/h2-12,17H,13-16,18-19H2,1H3. The van der Waals surface area contributed by atoms with E-state index in [2.05, 4.69) is 39.4 Å². The number of furan rings is 1. The zero-order valence-corrected chi connectivity index (χ0v) is 19.9. The quantitative estimate of drug-likeness (QED) is 0.374. The lowest BCUT2D eigenvalue weighted by Gasteiger charge is -2.34. The van der Waals surface area contributed by atoms with Crippen molar-refractivity contribution in [3.05, 3.63) is 84.3 Å². The number of para-hydroxylation sites is 1. The molecule has 34 heavy (non-hydrogen) atoms. The molecule has 1 aliphatic heterocycles. The fraction of sp³-hybridized carbons (Fsp3) is 0.269. The summed E-state index contributed by atoms with van der Waals surface area (Å²) in [6, 6.07) is 22.3. The smallest absolute Gasteiger partial charge is 0.233 e. The Morgan fingerprint density at radius 2 is 1.65 bits per heavy atom. The fourth-order valence-electron chi connectivity index (χ4n) is 4.18. The maximum atomic E-state index is 13.0. The van der Waals surface area contributed by atoms with Gasteiger partial charge < -0.3 is 9.32 Å². The molecule has 0 unspecified atom stereocenters. The Kier molecular flexibility index (Phi) is 6.78. The van der Waals surface area contributed by atoms with Gasteiger partial charge in [0.05, 0.1) is 17.6 Å². The average Bonchev–Trinajstić information content (AvgIpc) is 3.49. The van der Waals surface area contributed by atoms with Gasteiger partial charge in [-0.25, -0.2) is 0 Å². The van der Waals surface area contributed by atoms with Crippen LogP contribution in [0.25, 0.3) is 17.1 Å². The van der Waals surface area contributed by atoms with Crippen LogP contribution in [0.3, 0.4) is 0 Å². The number of benzene rings is 2. The lowest BCUT2D eigenvalue weighted by atomic mass is 10.2. The van der Waals surface area contributed by atoms with E-state index in [0.717, 1.165) is 49.7 Å². The number of rotatable bonds is 7. The molecule has 1 amide bonds. The molecule has 1 aliphatic rings. The van der Waals surface area contributed by atoms with E-state index in [9.17, 15) is 4.79 Å². The van der Waals surface area contributed by atoms with Gasteiger partial charge in [0.15, 0.2) is 11.0 Å². The SMILES string of the molecule is Cc1occc1-c1nnc(SCC(=O)N2CCN(Cc3ccccc3)CC2)n1-c1ccccc1. The minimum atomic E-state index is 0.132. The number of aromatic nitrogens is 3. The van der Waals surface area contributed by atoms with Crippen LogP contribution in [0.2, 0.25) is 0 Å². The fourth-order valence-corrected chi connectivity index (χ4v) is 5.03. The lowest BCUT2D eigenvalue weighted by molar-refractivity contribution is -0.130. The summed E-state index contributed by atoms with van der Waals surface area (Å²) >= 11 is 1.42. The summed E-state index contributed by atoms with van der Waals surface area (Å²) in [5, 5.41) is 9.55. The molecule has 1 fully saturated rings. The first-order chi connectivity index (χ1) is 16.7. The predicted octanol–water partition coefficient (Wildman–Crippen LogP) is 4.27. The Hall–Kier alpha value is -3.36. The number of piperazine rings is 1. The number of carbonyl (C=O) groups is 1. The first-order valence-electron chi connectivity index (χ1n) is 11.4. The zero-order valence-electron chi connectivity index (χ0n) is 19.1. The van der Waals surface area contributed by atoms with Crippen molar-refractivity contribution < 1.29 is 9.21 Å². The number of hydrogen-bond donors (Lipinski definition) is 0. The molecule has 0 atom stereocenters. The van der Waals surface area contributed by atoms with E-state index in [1.165, 1.54) is 17.3 Å². The third-order valence-electron chi connectivity index (χ3n) is 6.05. The summed E-state index contributed by atoms with van der Waals surface area (Å²) < 4.78 is 7.48. The minimum Gasteiger partial charge on any atom is -0.469 e. The minimum absolute atomic E-state index is 0.132. The number of carbonyl (C=O) groups excluding carboxylic acids is 1. The van der Waals surface area contributed by atoms with E-state index in [-0.39, 0.29) is 5.91 Å². The number of thioether (sulfide) groups is 1. The van der Waals surface area contributed by atoms with Crippen LogP contribution >= 0.6 is 11.8 Å². The van der Waals surface area contributed by atoms with Gasteiger partial charge in [-0.15, -0.1) is 10.2 Å². The molecular weight excluding hydrogens is 446 g/mol. The lowest BCUT2D eigenvalue weighted by Crippen LogP contribution is -2.48. The van der Waals surface area contributed by atoms with Crippen molar-refractivity contribution in [3.63, 3.8) is 0 Å². The van der Waals surface area contributed by atoms with Gasteiger partial charge in [0.25, 0.3) is 0 Å². The van der Waals surface area contributed by atoms with E-state index < -0.39 is 0 Å². The van der Waals surface area contributed by atoms with Crippen LogP contribution in [-0.2, 0) is 11.3 Å². The first-order valence-corrected chi connectivity index (χ1v) is 12.4. The van der Waals surface area contributed by atoms with E-state index >= 15 is 0 Å². The van der Waals surface area contributed by atoms with Crippen LogP contribution in [0.1, 0.15) is 11.3 Å². The van der Waals surface area contributed by atoms with Gasteiger partial charge in [-0.3, -0.25) is 14.3 Å². The molecular formula is C26H27N5O2S. The largest absolute Gasteiger partial charge is 0.469 e. The second kappa shape index (κ2) is 10.3. The second-order valence-electron chi connectivity index (χ2n) is 8.30. The molecule has 5 rings (SSSR count). The monoisotopic (exact) mass is 473 g/mol. The van der Waals surface area contributed by atoms with Gasteiger partial charge in [-0.05, 0) is 30.7 Å². The van der Waals surface area contributed by atoms with E-state index in [4.69, 9.17) is 4.42 Å².